The molecule has 0 saturated carbocycles. The van der Waals surface area contributed by atoms with Crippen molar-refractivity contribution < 1.29 is 55.2 Å². The number of alkyl halides is 5. The van der Waals surface area contributed by atoms with Gasteiger partial charge >= 0.3 is 18.4 Å². The third-order valence-electron chi connectivity index (χ3n) is 6.01. The summed E-state index contributed by atoms with van der Waals surface area (Å²) in [5, 5.41) is 6.86. The van der Waals surface area contributed by atoms with Crippen LogP contribution in [0.3, 0.4) is 0 Å². The molecule has 1 amide bonds. The summed E-state index contributed by atoms with van der Waals surface area (Å²) in [6.07, 6.45) is -13.3. The molecule has 0 aliphatic carbocycles. The van der Waals surface area contributed by atoms with Gasteiger partial charge in [-0.2, -0.15) is 22.0 Å². The van der Waals surface area contributed by atoms with Crippen LogP contribution in [0.15, 0.2) is 54.9 Å². The lowest BCUT2D eigenvalue weighted by molar-refractivity contribution is -0.360. The number of benzene rings is 2. The van der Waals surface area contributed by atoms with Crippen LogP contribution >= 0.6 is 0 Å². The normalized spacial score (nSPS) is 21.4. The Morgan fingerprint density at radius 3 is 2.20 bits per heavy atom. The molecule has 1 saturated heterocycles. The first-order valence-electron chi connectivity index (χ1n) is 11.9. The van der Waals surface area contributed by atoms with Gasteiger partial charge in [0.05, 0.1) is 12.3 Å². The van der Waals surface area contributed by atoms with E-state index in [9.17, 15) is 26.7 Å². The van der Waals surface area contributed by atoms with Crippen molar-refractivity contribution in [3.63, 3.8) is 0 Å². The van der Waals surface area contributed by atoms with Crippen LogP contribution in [0, 0.1) is 0 Å². The zero-order valence-corrected chi connectivity index (χ0v) is 21.8. The fourth-order valence-corrected chi connectivity index (χ4v) is 3.93. The molecular weight excluding hydrogens is 563 g/mol. The summed E-state index contributed by atoms with van der Waals surface area (Å²) in [6.45, 7) is 0.132. The van der Waals surface area contributed by atoms with E-state index in [-0.39, 0.29) is 12.4 Å². The van der Waals surface area contributed by atoms with Crippen molar-refractivity contribution in [1.82, 2.24) is 14.8 Å². The van der Waals surface area contributed by atoms with E-state index in [1.165, 1.54) is 44.5 Å². The maximum absolute atomic E-state index is 13.1. The van der Waals surface area contributed by atoms with Gasteiger partial charge in [0.15, 0.2) is 5.82 Å². The van der Waals surface area contributed by atoms with Crippen molar-refractivity contribution in [2.45, 2.75) is 36.9 Å². The summed E-state index contributed by atoms with van der Waals surface area (Å²) in [6, 6.07) is 10.8. The van der Waals surface area contributed by atoms with Crippen molar-refractivity contribution >= 4 is 11.8 Å². The first kappa shape index (κ1) is 30.1. The first-order valence-corrected chi connectivity index (χ1v) is 11.9. The lowest BCUT2D eigenvalue weighted by Crippen LogP contribution is -2.56. The van der Waals surface area contributed by atoms with Gasteiger partial charge in [0.2, 0.25) is 6.29 Å². The molecule has 11 nitrogen and oxygen atoms in total. The summed E-state index contributed by atoms with van der Waals surface area (Å²) in [4.78, 5) is 16.7. The van der Waals surface area contributed by atoms with E-state index >= 15 is 0 Å². The lowest BCUT2D eigenvalue weighted by atomic mass is 10.0. The first-order chi connectivity index (χ1) is 19.5. The number of nitrogens with one attached hydrogen (secondary N) is 1. The molecule has 4 rings (SSSR count). The Bertz CT molecular complexity index is 1300. The summed E-state index contributed by atoms with van der Waals surface area (Å²) in [5.74, 6) is -0.400. The molecule has 0 radical (unpaired) electrons. The maximum Gasteiger partial charge on any atom is 0.499 e. The van der Waals surface area contributed by atoms with Crippen LogP contribution in [0.2, 0.25) is 0 Å². The second-order valence-corrected chi connectivity index (χ2v) is 8.61. The summed E-state index contributed by atoms with van der Waals surface area (Å²) in [7, 11) is 4.43. The minimum atomic E-state index is -5.85. The standard InChI is InChI=1S/C25H25F5N4O7/c1-36-18-12-39-22(20(38-3)19(18)37-2)40-23(35)32-15-6-4-14(5-7-15)21-31-13-34(33-21)16-8-10-17(11-9-16)41-25(29,30)24(26,27)28/h4-11,13,18-20,22H,12H2,1-3H3,(H,32,35)/t18-,19+,20-,22?/m0/s1. The van der Waals surface area contributed by atoms with Crippen LogP contribution < -0.4 is 10.1 Å². The number of amides is 1. The molecule has 2 heterocycles. The number of hydrogen-bond acceptors (Lipinski definition) is 9. The van der Waals surface area contributed by atoms with Gasteiger partial charge in [-0.15, -0.1) is 5.10 Å². The molecule has 0 spiro atoms. The predicted octanol–water partition coefficient (Wildman–Crippen LogP) is 4.42. The van der Waals surface area contributed by atoms with E-state index in [0.717, 1.165) is 12.1 Å². The SMILES string of the molecule is CO[C@@H]1[C@@H](OC)COC(OC(=O)Nc2ccc(-c3ncn(-c4ccc(OC(F)(F)C(F)(F)F)cc4)n3)cc2)[C@H]1OC. The quantitative estimate of drug-likeness (QED) is 0.363. The zero-order chi connectivity index (χ0) is 29.8. The van der Waals surface area contributed by atoms with Crippen LogP contribution in [0.1, 0.15) is 0 Å². The Morgan fingerprint density at radius 1 is 0.951 bits per heavy atom. The minimum Gasteiger partial charge on any atom is -0.426 e. The number of halogens is 5. The van der Waals surface area contributed by atoms with E-state index < -0.39 is 48.7 Å². The number of carbonyl (C=O) groups is 1. The smallest absolute Gasteiger partial charge is 0.426 e. The van der Waals surface area contributed by atoms with E-state index in [1.54, 1.807) is 24.3 Å². The summed E-state index contributed by atoms with van der Waals surface area (Å²) < 4.78 is 95.4. The molecule has 1 aliphatic heterocycles. The molecule has 2 aromatic carbocycles. The third kappa shape index (κ3) is 6.90. The predicted molar refractivity (Wildman–Crippen MR) is 131 cm³/mol. The highest BCUT2D eigenvalue weighted by Crippen LogP contribution is 2.37. The number of hydrogen-bond donors (Lipinski definition) is 1. The molecule has 1 aliphatic rings. The van der Waals surface area contributed by atoms with Gasteiger partial charge in [-0.25, -0.2) is 14.5 Å². The number of rotatable bonds is 9. The number of ether oxygens (including phenoxy) is 6. The number of aromatic nitrogens is 3. The van der Waals surface area contributed by atoms with E-state index in [2.05, 4.69) is 20.1 Å². The number of methoxy groups -OCH3 is 3. The van der Waals surface area contributed by atoms with Gasteiger partial charge < -0.3 is 28.4 Å². The van der Waals surface area contributed by atoms with Crippen molar-refractivity contribution in [3.05, 3.63) is 54.9 Å². The number of carbonyl (C=O) groups excluding carboxylic acids is 1. The molecule has 1 N–H and O–H groups in total. The molecule has 4 atom stereocenters. The molecule has 1 unspecified atom stereocenters. The number of nitrogens with zero attached hydrogens (tertiary/aromatic N) is 3. The van der Waals surface area contributed by atoms with Crippen LogP contribution in [0.25, 0.3) is 17.1 Å². The average Bonchev–Trinajstić information content (AvgIpc) is 3.43. The van der Waals surface area contributed by atoms with Crippen molar-refractivity contribution in [2.24, 2.45) is 0 Å². The summed E-state index contributed by atoms with van der Waals surface area (Å²) in [5.41, 5.74) is 1.29. The highest BCUT2D eigenvalue weighted by atomic mass is 19.4. The molecule has 3 aromatic rings. The second-order valence-electron chi connectivity index (χ2n) is 8.61. The molecule has 1 aromatic heterocycles. The van der Waals surface area contributed by atoms with Gasteiger partial charge in [0, 0.05) is 32.6 Å². The van der Waals surface area contributed by atoms with E-state index in [4.69, 9.17) is 23.7 Å². The van der Waals surface area contributed by atoms with Crippen LogP contribution in [-0.4, -0.2) is 85.7 Å². The molecule has 41 heavy (non-hydrogen) atoms. The third-order valence-corrected chi connectivity index (χ3v) is 6.01. The van der Waals surface area contributed by atoms with Crippen LogP contribution in [0.4, 0.5) is 32.4 Å². The van der Waals surface area contributed by atoms with Gasteiger partial charge in [0.25, 0.3) is 0 Å². The van der Waals surface area contributed by atoms with E-state index in [0.29, 0.717) is 16.9 Å². The topological polar surface area (TPSA) is 115 Å². The van der Waals surface area contributed by atoms with Gasteiger partial charge in [-0.3, -0.25) is 5.32 Å². The Labute approximate surface area is 230 Å². The van der Waals surface area contributed by atoms with Gasteiger partial charge in [-0.05, 0) is 48.5 Å². The Kier molecular flexibility index (Phi) is 9.06. The van der Waals surface area contributed by atoms with Gasteiger partial charge in [-0.1, -0.05) is 0 Å². The Morgan fingerprint density at radius 2 is 1.61 bits per heavy atom. The molecule has 16 heteroatoms. The highest BCUT2D eigenvalue weighted by Gasteiger charge is 2.61. The fraction of sp³-hybridized carbons (Fsp3) is 0.400. The highest BCUT2D eigenvalue weighted by molar-refractivity contribution is 5.85. The monoisotopic (exact) mass is 588 g/mol. The Hall–Kier alpha value is -3.86. The molecular formula is C25H25F5N4O7. The lowest BCUT2D eigenvalue weighted by Gasteiger charge is -2.39. The summed E-state index contributed by atoms with van der Waals surface area (Å²) >= 11 is 0. The average molecular weight is 588 g/mol. The second kappa shape index (κ2) is 12.3. The molecule has 1 fully saturated rings. The van der Waals surface area contributed by atoms with Crippen molar-refractivity contribution in [2.75, 3.05) is 33.3 Å². The van der Waals surface area contributed by atoms with Crippen LogP contribution in [0.5, 0.6) is 5.75 Å². The molecule has 0 bridgehead atoms. The van der Waals surface area contributed by atoms with Gasteiger partial charge in [0.1, 0.15) is 30.4 Å². The zero-order valence-electron chi connectivity index (χ0n) is 21.8. The minimum absolute atomic E-state index is 0.132. The Balaban J connectivity index is 1.36. The maximum atomic E-state index is 13.1. The fourth-order valence-electron chi connectivity index (χ4n) is 3.93. The number of anilines is 1. The van der Waals surface area contributed by atoms with Crippen LogP contribution in [-0.2, 0) is 23.7 Å². The molecule has 222 valence electrons. The van der Waals surface area contributed by atoms with E-state index in [1.807, 2.05) is 0 Å². The largest absolute Gasteiger partial charge is 0.499 e. The van der Waals surface area contributed by atoms with Crippen molar-refractivity contribution in [1.29, 1.82) is 0 Å². The van der Waals surface area contributed by atoms with Crippen molar-refractivity contribution in [3.8, 4) is 22.8 Å².